The summed E-state index contributed by atoms with van der Waals surface area (Å²) in [6.45, 7) is 5.22. The fraction of sp³-hybridized carbons (Fsp3) is 0.615. The standard InChI is InChI=1S/C26H34N6O/c1-18-4-5-27-23(10-18)28-22-2-3-24(30-29-22)31-6-8-32(9-7-31)25(33)17-26-14-19-11-20(15-26)13-21(12-19)16-26/h2-5,10,19-21H,6-9,11-17H2,1H3,(H,27,28,29). The van der Waals surface area contributed by atoms with Crippen LogP contribution in [-0.4, -0.2) is 52.2 Å². The highest BCUT2D eigenvalue weighted by atomic mass is 16.2. The van der Waals surface area contributed by atoms with Gasteiger partial charge in [-0.2, -0.15) is 0 Å². The number of aryl methyl sites for hydroxylation is 1. The molecule has 0 aromatic carbocycles. The Bertz CT molecular complexity index is 978. The highest BCUT2D eigenvalue weighted by Gasteiger charge is 2.51. The first kappa shape index (κ1) is 20.9. The van der Waals surface area contributed by atoms with E-state index < -0.39 is 0 Å². The molecule has 4 bridgehead atoms. The van der Waals surface area contributed by atoms with Crippen LogP contribution in [0.5, 0.6) is 0 Å². The molecule has 5 fully saturated rings. The minimum absolute atomic E-state index is 0.323. The van der Waals surface area contributed by atoms with E-state index >= 15 is 0 Å². The van der Waals surface area contributed by atoms with Gasteiger partial charge in [-0.05, 0) is 98.4 Å². The molecule has 0 unspecified atom stereocenters. The highest BCUT2D eigenvalue weighted by Crippen LogP contribution is 2.61. The Kier molecular flexibility index (Phi) is 5.23. The maximum atomic E-state index is 13.2. The van der Waals surface area contributed by atoms with Gasteiger partial charge in [-0.15, -0.1) is 10.2 Å². The average Bonchev–Trinajstić information content (AvgIpc) is 2.78. The van der Waals surface area contributed by atoms with Crippen molar-refractivity contribution in [1.82, 2.24) is 20.1 Å². The fourth-order valence-corrected chi connectivity index (χ4v) is 7.42. The molecule has 174 valence electrons. The van der Waals surface area contributed by atoms with Crippen LogP contribution in [0.3, 0.4) is 0 Å². The summed E-state index contributed by atoms with van der Waals surface area (Å²) in [7, 11) is 0. The van der Waals surface area contributed by atoms with Gasteiger partial charge < -0.3 is 15.1 Å². The van der Waals surface area contributed by atoms with E-state index in [4.69, 9.17) is 0 Å². The number of nitrogens with one attached hydrogen (secondary N) is 1. The van der Waals surface area contributed by atoms with Crippen molar-refractivity contribution in [3.8, 4) is 0 Å². The molecule has 0 spiro atoms. The lowest BCUT2D eigenvalue weighted by molar-refractivity contribution is -0.139. The molecule has 1 amide bonds. The Morgan fingerprint density at radius 1 is 0.970 bits per heavy atom. The smallest absolute Gasteiger partial charge is 0.223 e. The van der Waals surface area contributed by atoms with Gasteiger partial charge in [0.15, 0.2) is 11.6 Å². The van der Waals surface area contributed by atoms with E-state index in [1.54, 1.807) is 6.20 Å². The number of carbonyl (C=O) groups is 1. The summed E-state index contributed by atoms with van der Waals surface area (Å²) in [5.74, 6) is 5.40. The Balaban J connectivity index is 1.03. The number of amides is 1. The van der Waals surface area contributed by atoms with Gasteiger partial charge in [0.25, 0.3) is 0 Å². The largest absolute Gasteiger partial charge is 0.352 e. The maximum Gasteiger partial charge on any atom is 0.223 e. The molecule has 2 aromatic rings. The van der Waals surface area contributed by atoms with Gasteiger partial charge in [0, 0.05) is 38.8 Å². The second-order valence-electron chi connectivity index (χ2n) is 11.1. The number of pyridine rings is 1. The van der Waals surface area contributed by atoms with E-state index in [0.29, 0.717) is 17.1 Å². The minimum atomic E-state index is 0.323. The van der Waals surface area contributed by atoms with Gasteiger partial charge in [-0.1, -0.05) is 0 Å². The summed E-state index contributed by atoms with van der Waals surface area (Å²) in [5.41, 5.74) is 1.47. The molecule has 4 aliphatic carbocycles. The summed E-state index contributed by atoms with van der Waals surface area (Å²) < 4.78 is 0. The Labute approximate surface area is 196 Å². The van der Waals surface area contributed by atoms with E-state index in [2.05, 4.69) is 30.3 Å². The average molecular weight is 447 g/mol. The normalized spacial score (nSPS) is 30.5. The first-order valence-electron chi connectivity index (χ1n) is 12.6. The van der Waals surface area contributed by atoms with E-state index in [-0.39, 0.29) is 0 Å². The molecule has 0 radical (unpaired) electrons. The van der Waals surface area contributed by atoms with Crippen LogP contribution < -0.4 is 10.2 Å². The molecule has 0 atom stereocenters. The zero-order valence-corrected chi connectivity index (χ0v) is 19.5. The topological polar surface area (TPSA) is 74.2 Å². The first-order chi connectivity index (χ1) is 16.0. The molecule has 1 aliphatic heterocycles. The molecule has 33 heavy (non-hydrogen) atoms. The summed E-state index contributed by atoms with van der Waals surface area (Å²) in [6, 6.07) is 7.89. The maximum absolute atomic E-state index is 13.2. The summed E-state index contributed by atoms with van der Waals surface area (Å²) in [5, 5.41) is 12.0. The van der Waals surface area contributed by atoms with E-state index in [1.807, 2.05) is 31.2 Å². The Hall–Kier alpha value is -2.70. The van der Waals surface area contributed by atoms with Crippen LogP contribution >= 0.6 is 0 Å². The number of rotatable bonds is 5. The number of aromatic nitrogens is 3. The van der Waals surface area contributed by atoms with Gasteiger partial charge in [0.1, 0.15) is 5.82 Å². The van der Waals surface area contributed by atoms with Crippen molar-refractivity contribution in [2.45, 2.75) is 51.9 Å². The predicted octanol–water partition coefficient (Wildman–Crippen LogP) is 4.18. The number of piperazine rings is 1. The number of carbonyl (C=O) groups excluding carboxylic acids is 1. The van der Waals surface area contributed by atoms with Gasteiger partial charge in [0.2, 0.25) is 5.91 Å². The molecular formula is C26H34N6O. The van der Waals surface area contributed by atoms with Crippen molar-refractivity contribution in [3.05, 3.63) is 36.0 Å². The summed E-state index contributed by atoms with van der Waals surface area (Å²) in [4.78, 5) is 21.9. The Morgan fingerprint density at radius 2 is 1.67 bits per heavy atom. The molecule has 1 saturated heterocycles. The van der Waals surface area contributed by atoms with Crippen LogP contribution in [-0.2, 0) is 4.79 Å². The molecule has 7 heteroatoms. The van der Waals surface area contributed by atoms with Crippen LogP contribution in [0.15, 0.2) is 30.5 Å². The van der Waals surface area contributed by atoms with Crippen molar-refractivity contribution < 1.29 is 4.79 Å². The van der Waals surface area contributed by atoms with Crippen LogP contribution in [0, 0.1) is 30.1 Å². The van der Waals surface area contributed by atoms with Crippen LogP contribution in [0.4, 0.5) is 17.5 Å². The summed E-state index contributed by atoms with van der Waals surface area (Å²) in [6.07, 6.45) is 10.8. The molecule has 1 N–H and O–H groups in total. The Morgan fingerprint density at radius 3 is 2.27 bits per heavy atom. The molecular weight excluding hydrogens is 412 g/mol. The third-order valence-electron chi connectivity index (χ3n) is 8.47. The lowest BCUT2D eigenvalue weighted by Gasteiger charge is -2.57. The molecule has 7 rings (SSSR count). The SMILES string of the molecule is Cc1ccnc(Nc2ccc(N3CCN(C(=O)CC45CC6CC(CC(C6)C4)C5)CC3)nn2)c1. The second kappa shape index (κ2) is 8.26. The molecule has 7 nitrogen and oxygen atoms in total. The van der Waals surface area contributed by atoms with Crippen molar-refractivity contribution >= 4 is 23.4 Å². The van der Waals surface area contributed by atoms with E-state index in [1.165, 1.54) is 38.5 Å². The van der Waals surface area contributed by atoms with Crippen molar-refractivity contribution in [3.63, 3.8) is 0 Å². The second-order valence-corrected chi connectivity index (χ2v) is 11.1. The molecule has 2 aromatic heterocycles. The number of hydrogen-bond acceptors (Lipinski definition) is 6. The number of nitrogens with zero attached hydrogens (tertiary/aromatic N) is 5. The monoisotopic (exact) mass is 446 g/mol. The highest BCUT2D eigenvalue weighted by molar-refractivity contribution is 5.77. The lowest BCUT2D eigenvalue weighted by Crippen LogP contribution is -2.52. The van der Waals surface area contributed by atoms with Crippen LogP contribution in [0.1, 0.15) is 50.5 Å². The number of hydrogen-bond donors (Lipinski definition) is 1. The van der Waals surface area contributed by atoms with Gasteiger partial charge in [0.05, 0.1) is 0 Å². The van der Waals surface area contributed by atoms with Crippen molar-refractivity contribution in [2.75, 3.05) is 36.4 Å². The summed E-state index contributed by atoms with van der Waals surface area (Å²) >= 11 is 0. The van der Waals surface area contributed by atoms with E-state index in [0.717, 1.165) is 67.6 Å². The zero-order chi connectivity index (χ0) is 22.4. The van der Waals surface area contributed by atoms with E-state index in [9.17, 15) is 4.79 Å². The van der Waals surface area contributed by atoms with Crippen LogP contribution in [0.25, 0.3) is 0 Å². The minimum Gasteiger partial charge on any atom is -0.352 e. The predicted molar refractivity (Wildman–Crippen MR) is 128 cm³/mol. The zero-order valence-electron chi connectivity index (χ0n) is 19.5. The first-order valence-corrected chi connectivity index (χ1v) is 12.6. The molecule has 4 saturated carbocycles. The third kappa shape index (κ3) is 4.30. The third-order valence-corrected chi connectivity index (χ3v) is 8.47. The number of anilines is 3. The van der Waals surface area contributed by atoms with Crippen LogP contribution in [0.2, 0.25) is 0 Å². The van der Waals surface area contributed by atoms with Gasteiger partial charge in [-0.25, -0.2) is 4.98 Å². The quantitative estimate of drug-likeness (QED) is 0.743. The van der Waals surface area contributed by atoms with Gasteiger partial charge in [-0.3, -0.25) is 4.79 Å². The van der Waals surface area contributed by atoms with Crippen molar-refractivity contribution in [2.24, 2.45) is 23.2 Å². The molecule has 3 heterocycles. The fourth-order valence-electron chi connectivity index (χ4n) is 7.42. The lowest BCUT2D eigenvalue weighted by atomic mass is 9.49. The van der Waals surface area contributed by atoms with Gasteiger partial charge >= 0.3 is 0 Å². The van der Waals surface area contributed by atoms with Crippen molar-refractivity contribution in [1.29, 1.82) is 0 Å². The molecule has 5 aliphatic rings.